The van der Waals surface area contributed by atoms with Crippen molar-refractivity contribution in [2.75, 3.05) is 12.4 Å². The van der Waals surface area contributed by atoms with Gasteiger partial charge in [0.15, 0.2) is 5.16 Å². The van der Waals surface area contributed by atoms with Crippen LogP contribution < -0.4 is 10.3 Å². The van der Waals surface area contributed by atoms with Crippen LogP contribution in [0.1, 0.15) is 18.9 Å². The quantitative estimate of drug-likeness (QED) is 0.346. The third kappa shape index (κ3) is 3.69. The number of hydrogen-bond donors (Lipinski definition) is 0. The van der Waals surface area contributed by atoms with Crippen LogP contribution in [-0.2, 0) is 6.54 Å². The zero-order chi connectivity index (χ0) is 20.2. The van der Waals surface area contributed by atoms with Gasteiger partial charge in [0.25, 0.3) is 5.56 Å². The van der Waals surface area contributed by atoms with E-state index >= 15 is 0 Å². The monoisotopic (exact) mass is 405 g/mol. The fourth-order valence-corrected chi connectivity index (χ4v) is 3.93. The zero-order valence-electron chi connectivity index (χ0n) is 15.9. The van der Waals surface area contributed by atoms with E-state index in [4.69, 9.17) is 10.00 Å². The van der Waals surface area contributed by atoms with Crippen molar-refractivity contribution in [1.82, 2.24) is 19.2 Å². The van der Waals surface area contributed by atoms with Crippen LogP contribution in [0.2, 0.25) is 0 Å². The minimum atomic E-state index is -0.0388. The highest BCUT2D eigenvalue weighted by Gasteiger charge is 2.16. The molecular formula is C21H19N5O2S. The fourth-order valence-electron chi connectivity index (χ4n) is 3.17. The van der Waals surface area contributed by atoms with Crippen molar-refractivity contribution in [3.05, 3.63) is 64.4 Å². The molecule has 2 heterocycles. The van der Waals surface area contributed by atoms with Crippen LogP contribution in [0.5, 0.6) is 5.75 Å². The topological polar surface area (TPSA) is 85.2 Å². The Morgan fingerprint density at radius 2 is 1.93 bits per heavy atom. The second-order valence-electron chi connectivity index (χ2n) is 6.43. The Morgan fingerprint density at radius 3 is 2.69 bits per heavy atom. The van der Waals surface area contributed by atoms with E-state index in [1.807, 2.05) is 35.6 Å². The molecule has 0 amide bonds. The first-order chi connectivity index (χ1) is 14.2. The Bertz CT molecular complexity index is 1250. The first-order valence-corrected chi connectivity index (χ1v) is 10.3. The standard InChI is InChI=1S/C21H19N5O2S/c1-2-11-25-19(27)17-5-3-4-6-18(17)26-20(25)23-24-21(26)29-13-12-28-16-9-7-15(14-22)8-10-16/h3-10H,2,11-13H2,1H3. The molecule has 0 aliphatic rings. The molecule has 4 rings (SSSR count). The van der Waals surface area contributed by atoms with E-state index < -0.39 is 0 Å². The fraction of sp³-hybridized carbons (Fsp3) is 0.238. The summed E-state index contributed by atoms with van der Waals surface area (Å²) in [6.45, 7) is 3.11. The summed E-state index contributed by atoms with van der Waals surface area (Å²) < 4.78 is 9.37. The molecule has 29 heavy (non-hydrogen) atoms. The lowest BCUT2D eigenvalue weighted by Gasteiger charge is -2.10. The number of hydrogen-bond acceptors (Lipinski definition) is 6. The number of thioether (sulfide) groups is 1. The van der Waals surface area contributed by atoms with Crippen LogP contribution in [0.3, 0.4) is 0 Å². The summed E-state index contributed by atoms with van der Waals surface area (Å²) in [4.78, 5) is 12.8. The number of aromatic nitrogens is 4. The molecule has 0 radical (unpaired) electrons. The van der Waals surface area contributed by atoms with Gasteiger partial charge in [0.2, 0.25) is 5.78 Å². The van der Waals surface area contributed by atoms with Gasteiger partial charge in [0.1, 0.15) is 5.75 Å². The van der Waals surface area contributed by atoms with Crippen LogP contribution in [-0.4, -0.2) is 31.5 Å². The number of nitrogens with zero attached hydrogens (tertiary/aromatic N) is 5. The normalized spacial score (nSPS) is 11.0. The molecule has 4 aromatic rings. The number of nitriles is 1. The molecule has 2 aromatic heterocycles. The number of fused-ring (bicyclic) bond motifs is 3. The van der Waals surface area contributed by atoms with Gasteiger partial charge >= 0.3 is 0 Å². The number of ether oxygens (including phenoxy) is 1. The van der Waals surface area contributed by atoms with Crippen molar-refractivity contribution in [2.24, 2.45) is 0 Å². The Balaban J connectivity index is 1.58. The Labute approximate surface area is 171 Å². The van der Waals surface area contributed by atoms with Crippen LogP contribution in [0, 0.1) is 11.3 Å². The molecule has 0 atom stereocenters. The third-order valence-electron chi connectivity index (χ3n) is 4.49. The van der Waals surface area contributed by atoms with E-state index in [-0.39, 0.29) is 5.56 Å². The Kier molecular flexibility index (Phi) is 5.49. The molecule has 0 bridgehead atoms. The van der Waals surface area contributed by atoms with E-state index in [1.54, 1.807) is 28.8 Å². The summed E-state index contributed by atoms with van der Waals surface area (Å²) in [6.07, 6.45) is 0.835. The first kappa shape index (κ1) is 19.0. The maximum absolute atomic E-state index is 12.8. The molecule has 7 nitrogen and oxygen atoms in total. The van der Waals surface area contributed by atoms with Crippen molar-refractivity contribution in [1.29, 1.82) is 5.26 Å². The highest BCUT2D eigenvalue weighted by atomic mass is 32.2. The van der Waals surface area contributed by atoms with E-state index in [2.05, 4.69) is 16.3 Å². The largest absolute Gasteiger partial charge is 0.493 e. The van der Waals surface area contributed by atoms with E-state index in [1.165, 1.54) is 11.8 Å². The summed E-state index contributed by atoms with van der Waals surface area (Å²) in [5.74, 6) is 1.95. The summed E-state index contributed by atoms with van der Waals surface area (Å²) in [5.41, 5.74) is 1.37. The van der Waals surface area contributed by atoms with Crippen LogP contribution >= 0.6 is 11.8 Å². The molecule has 146 valence electrons. The molecule has 0 N–H and O–H groups in total. The SMILES string of the molecule is CCCn1c(=O)c2ccccc2n2c(SCCOc3ccc(C#N)cc3)nnc12. The minimum Gasteiger partial charge on any atom is -0.493 e. The first-order valence-electron chi connectivity index (χ1n) is 9.35. The molecule has 0 spiro atoms. The average molecular weight is 405 g/mol. The molecule has 2 aromatic carbocycles. The van der Waals surface area contributed by atoms with Gasteiger partial charge < -0.3 is 4.74 Å². The average Bonchev–Trinajstić information content (AvgIpc) is 3.18. The summed E-state index contributed by atoms with van der Waals surface area (Å²) in [7, 11) is 0. The summed E-state index contributed by atoms with van der Waals surface area (Å²) in [5, 5.41) is 18.8. The Hall–Kier alpha value is -3.31. The van der Waals surface area contributed by atoms with Gasteiger partial charge in [-0.1, -0.05) is 30.8 Å². The highest BCUT2D eigenvalue weighted by molar-refractivity contribution is 7.99. The predicted molar refractivity (Wildman–Crippen MR) is 112 cm³/mol. The maximum atomic E-state index is 12.8. The van der Waals surface area contributed by atoms with E-state index in [0.29, 0.717) is 35.6 Å². The molecule has 0 fully saturated rings. The van der Waals surface area contributed by atoms with Gasteiger partial charge in [0, 0.05) is 12.3 Å². The molecule has 0 unspecified atom stereocenters. The predicted octanol–water partition coefficient (Wildman–Crippen LogP) is 3.50. The second kappa shape index (κ2) is 8.37. The maximum Gasteiger partial charge on any atom is 0.262 e. The van der Waals surface area contributed by atoms with Crippen LogP contribution in [0.15, 0.2) is 58.5 Å². The lowest BCUT2D eigenvalue weighted by Crippen LogP contribution is -2.23. The van der Waals surface area contributed by atoms with Crippen molar-refractivity contribution < 1.29 is 4.74 Å². The van der Waals surface area contributed by atoms with E-state index in [0.717, 1.165) is 22.8 Å². The van der Waals surface area contributed by atoms with Gasteiger partial charge in [-0.3, -0.25) is 13.8 Å². The zero-order valence-corrected chi connectivity index (χ0v) is 16.7. The van der Waals surface area contributed by atoms with Gasteiger partial charge in [-0.2, -0.15) is 5.26 Å². The number of benzene rings is 2. The number of rotatable bonds is 7. The van der Waals surface area contributed by atoms with Crippen molar-refractivity contribution in [3.63, 3.8) is 0 Å². The molecular weight excluding hydrogens is 386 g/mol. The van der Waals surface area contributed by atoms with Gasteiger partial charge in [-0.25, -0.2) is 0 Å². The van der Waals surface area contributed by atoms with Gasteiger partial charge in [-0.15, -0.1) is 10.2 Å². The van der Waals surface area contributed by atoms with Crippen molar-refractivity contribution >= 4 is 28.4 Å². The number of para-hydroxylation sites is 1. The lowest BCUT2D eigenvalue weighted by atomic mass is 10.2. The Morgan fingerprint density at radius 1 is 1.14 bits per heavy atom. The van der Waals surface area contributed by atoms with Crippen molar-refractivity contribution in [3.8, 4) is 11.8 Å². The van der Waals surface area contributed by atoms with E-state index in [9.17, 15) is 4.79 Å². The number of aryl methyl sites for hydroxylation is 1. The lowest BCUT2D eigenvalue weighted by molar-refractivity contribution is 0.344. The highest BCUT2D eigenvalue weighted by Crippen LogP contribution is 2.22. The summed E-state index contributed by atoms with van der Waals surface area (Å²) in [6, 6.07) is 16.7. The smallest absolute Gasteiger partial charge is 0.262 e. The molecule has 0 aliphatic heterocycles. The van der Waals surface area contributed by atoms with Gasteiger partial charge in [-0.05, 0) is 42.8 Å². The third-order valence-corrected chi connectivity index (χ3v) is 5.39. The van der Waals surface area contributed by atoms with Crippen LogP contribution in [0.4, 0.5) is 0 Å². The van der Waals surface area contributed by atoms with Crippen LogP contribution in [0.25, 0.3) is 16.7 Å². The summed E-state index contributed by atoms with van der Waals surface area (Å²) >= 11 is 1.53. The second-order valence-corrected chi connectivity index (χ2v) is 7.49. The molecule has 8 heteroatoms. The molecule has 0 aliphatic carbocycles. The van der Waals surface area contributed by atoms with Gasteiger partial charge in [0.05, 0.1) is 29.1 Å². The molecule has 0 saturated carbocycles. The minimum absolute atomic E-state index is 0.0388. The molecule has 0 saturated heterocycles. The van der Waals surface area contributed by atoms with Crippen molar-refractivity contribution in [2.45, 2.75) is 25.0 Å².